The summed E-state index contributed by atoms with van der Waals surface area (Å²) >= 11 is 0. The number of carbonyl (C=O) groups excluding carboxylic acids is 2. The zero-order valence-electron chi connectivity index (χ0n) is 18.2. The highest BCUT2D eigenvalue weighted by Gasteiger charge is 2.20. The van der Waals surface area contributed by atoms with E-state index in [-0.39, 0.29) is 34.4 Å². The summed E-state index contributed by atoms with van der Waals surface area (Å²) in [5, 5.41) is 14.4. The molecule has 2 aromatic carbocycles. The number of esters is 1. The summed E-state index contributed by atoms with van der Waals surface area (Å²) in [4.78, 5) is 47.5. The van der Waals surface area contributed by atoms with Gasteiger partial charge in [-0.05, 0) is 37.1 Å². The molecule has 1 aromatic heterocycles. The van der Waals surface area contributed by atoms with Gasteiger partial charge in [-0.25, -0.2) is 9.59 Å². The maximum atomic E-state index is 12.5. The molecule has 0 atom stereocenters. The van der Waals surface area contributed by atoms with Crippen LogP contribution in [0.1, 0.15) is 42.5 Å². The van der Waals surface area contributed by atoms with Crippen LogP contribution < -0.4 is 20.4 Å². The number of hydrogen-bond donors (Lipinski definition) is 1. The molecule has 1 saturated carbocycles. The number of nitrogens with zero attached hydrogens (tertiary/aromatic N) is 1. The minimum atomic E-state index is -0.802. The number of para-hydroxylation sites is 2. The van der Waals surface area contributed by atoms with E-state index in [1.807, 2.05) is 0 Å². The van der Waals surface area contributed by atoms with Crippen LogP contribution in [0.5, 0.6) is 11.5 Å². The lowest BCUT2D eigenvalue weighted by atomic mass is 9.95. The molecule has 0 aliphatic heterocycles. The van der Waals surface area contributed by atoms with Crippen LogP contribution in [0.15, 0.2) is 57.7 Å². The van der Waals surface area contributed by atoms with Gasteiger partial charge in [0.25, 0.3) is 5.91 Å². The SMILES string of the molecule is O=C(COc1ccccc1[N+](=O)[O-])Oc1ccc2cc(C(=O)NC3CCCCC3)c(=O)oc2c1. The molecule has 0 saturated heterocycles. The molecule has 0 unspecified atom stereocenters. The molecular formula is C24H22N2O8. The van der Waals surface area contributed by atoms with E-state index in [0.717, 1.165) is 32.1 Å². The average Bonchev–Trinajstić information content (AvgIpc) is 2.83. The van der Waals surface area contributed by atoms with Crippen LogP contribution in [0.3, 0.4) is 0 Å². The van der Waals surface area contributed by atoms with Crippen molar-refractivity contribution in [1.29, 1.82) is 0 Å². The van der Waals surface area contributed by atoms with Gasteiger partial charge >= 0.3 is 17.3 Å². The maximum absolute atomic E-state index is 12.5. The number of nitrogens with one attached hydrogen (secondary N) is 1. The number of ether oxygens (including phenoxy) is 2. The van der Waals surface area contributed by atoms with E-state index in [1.165, 1.54) is 36.4 Å². The fourth-order valence-corrected chi connectivity index (χ4v) is 3.85. The molecule has 10 nitrogen and oxygen atoms in total. The Morgan fingerprint density at radius 1 is 1.09 bits per heavy atom. The average molecular weight is 466 g/mol. The molecule has 34 heavy (non-hydrogen) atoms. The van der Waals surface area contributed by atoms with Gasteiger partial charge in [-0.2, -0.15) is 0 Å². The third kappa shape index (κ3) is 5.40. The minimum absolute atomic E-state index is 0.0534. The first-order valence-electron chi connectivity index (χ1n) is 10.9. The second-order valence-electron chi connectivity index (χ2n) is 7.94. The molecule has 1 amide bonds. The van der Waals surface area contributed by atoms with Crippen LogP contribution >= 0.6 is 0 Å². The van der Waals surface area contributed by atoms with Crippen molar-refractivity contribution >= 4 is 28.5 Å². The molecular weight excluding hydrogens is 444 g/mol. The zero-order chi connectivity index (χ0) is 24.1. The Hall–Kier alpha value is -4.21. The van der Waals surface area contributed by atoms with Gasteiger partial charge in [-0.3, -0.25) is 14.9 Å². The van der Waals surface area contributed by atoms with Crippen molar-refractivity contribution in [3.8, 4) is 11.5 Å². The molecule has 1 N–H and O–H groups in total. The lowest BCUT2D eigenvalue weighted by molar-refractivity contribution is -0.385. The lowest BCUT2D eigenvalue weighted by Crippen LogP contribution is -2.38. The van der Waals surface area contributed by atoms with Crippen LogP contribution in [0, 0.1) is 10.1 Å². The van der Waals surface area contributed by atoms with E-state index >= 15 is 0 Å². The Morgan fingerprint density at radius 3 is 2.62 bits per heavy atom. The topological polar surface area (TPSA) is 138 Å². The lowest BCUT2D eigenvalue weighted by Gasteiger charge is -2.22. The molecule has 10 heteroatoms. The fraction of sp³-hybridized carbons (Fsp3) is 0.292. The predicted molar refractivity (Wildman–Crippen MR) is 121 cm³/mol. The normalized spacial score (nSPS) is 13.9. The van der Waals surface area contributed by atoms with Crippen LogP contribution in [0.2, 0.25) is 0 Å². The van der Waals surface area contributed by atoms with E-state index < -0.39 is 29.0 Å². The molecule has 1 aliphatic rings. The van der Waals surface area contributed by atoms with E-state index in [9.17, 15) is 24.5 Å². The number of nitro groups is 1. The summed E-state index contributed by atoms with van der Waals surface area (Å²) < 4.78 is 15.7. The molecule has 1 aliphatic carbocycles. The molecule has 176 valence electrons. The number of hydrogen-bond acceptors (Lipinski definition) is 8. The monoisotopic (exact) mass is 466 g/mol. The minimum Gasteiger partial charge on any atom is -0.475 e. The van der Waals surface area contributed by atoms with E-state index in [1.54, 1.807) is 12.1 Å². The van der Waals surface area contributed by atoms with Crippen molar-refractivity contribution in [3.63, 3.8) is 0 Å². The van der Waals surface area contributed by atoms with Gasteiger partial charge in [0, 0.05) is 23.6 Å². The highest BCUT2D eigenvalue weighted by molar-refractivity contribution is 5.97. The third-order valence-electron chi connectivity index (χ3n) is 5.53. The number of fused-ring (bicyclic) bond motifs is 1. The van der Waals surface area contributed by atoms with E-state index in [2.05, 4.69) is 5.32 Å². The number of rotatable bonds is 7. The third-order valence-corrected chi connectivity index (χ3v) is 5.53. The number of nitro benzene ring substituents is 1. The summed E-state index contributed by atoms with van der Waals surface area (Å²) in [5.41, 5.74) is -1.00. The summed E-state index contributed by atoms with van der Waals surface area (Å²) in [5.74, 6) is -1.24. The predicted octanol–water partition coefficient (Wildman–Crippen LogP) is 3.75. The van der Waals surface area contributed by atoms with Crippen molar-refractivity contribution in [3.05, 3.63) is 74.6 Å². The summed E-state index contributed by atoms with van der Waals surface area (Å²) in [6, 6.07) is 11.5. The van der Waals surface area contributed by atoms with Crippen molar-refractivity contribution in [2.45, 2.75) is 38.1 Å². The number of carbonyl (C=O) groups is 2. The van der Waals surface area contributed by atoms with E-state index in [0.29, 0.717) is 5.39 Å². The highest BCUT2D eigenvalue weighted by Crippen LogP contribution is 2.26. The Morgan fingerprint density at radius 2 is 1.85 bits per heavy atom. The quantitative estimate of drug-likeness (QED) is 0.183. The van der Waals surface area contributed by atoms with Crippen LogP contribution in [-0.2, 0) is 4.79 Å². The maximum Gasteiger partial charge on any atom is 0.349 e. The van der Waals surface area contributed by atoms with Crippen LogP contribution in [-0.4, -0.2) is 29.4 Å². The smallest absolute Gasteiger partial charge is 0.349 e. The molecule has 1 fully saturated rings. The van der Waals surface area contributed by atoms with Gasteiger partial charge in [-0.15, -0.1) is 0 Å². The standard InChI is InChI=1S/C24H22N2O8/c27-22(14-32-20-9-5-4-8-19(20)26(30)31)33-17-11-10-15-12-18(24(29)34-21(15)13-17)23(28)25-16-6-2-1-3-7-16/h4-5,8-13,16H,1-3,6-7,14H2,(H,25,28). The van der Waals surface area contributed by atoms with E-state index in [4.69, 9.17) is 13.9 Å². The second kappa shape index (κ2) is 10.2. The van der Waals surface area contributed by atoms with Crippen LogP contribution in [0.25, 0.3) is 11.0 Å². The second-order valence-corrected chi connectivity index (χ2v) is 7.94. The van der Waals surface area contributed by atoms with Gasteiger partial charge in [0.2, 0.25) is 0 Å². The Balaban J connectivity index is 1.42. The largest absolute Gasteiger partial charge is 0.475 e. The first-order valence-corrected chi connectivity index (χ1v) is 10.9. The van der Waals surface area contributed by atoms with Crippen LogP contribution in [0.4, 0.5) is 5.69 Å². The Kier molecular flexibility index (Phi) is 6.86. The van der Waals surface area contributed by atoms with Gasteiger partial charge < -0.3 is 19.2 Å². The summed E-state index contributed by atoms with van der Waals surface area (Å²) in [6.45, 7) is -0.562. The van der Waals surface area contributed by atoms with Crippen molar-refractivity contribution < 1.29 is 28.4 Å². The van der Waals surface area contributed by atoms with Gasteiger partial charge in [0.05, 0.1) is 4.92 Å². The first-order chi connectivity index (χ1) is 16.4. The van der Waals surface area contributed by atoms with Gasteiger partial charge in [0.15, 0.2) is 12.4 Å². The van der Waals surface area contributed by atoms with Crippen molar-refractivity contribution in [1.82, 2.24) is 5.32 Å². The Bertz CT molecular complexity index is 1290. The molecule has 1 heterocycles. The summed E-state index contributed by atoms with van der Waals surface area (Å²) in [6.07, 6.45) is 5.02. The number of amides is 1. The zero-order valence-corrected chi connectivity index (χ0v) is 18.2. The molecule has 0 spiro atoms. The first kappa shape index (κ1) is 23.0. The highest BCUT2D eigenvalue weighted by atomic mass is 16.6. The molecule has 0 bridgehead atoms. The van der Waals surface area contributed by atoms with Crippen molar-refractivity contribution in [2.75, 3.05) is 6.61 Å². The molecule has 3 aromatic rings. The molecule has 4 rings (SSSR count). The van der Waals surface area contributed by atoms with Crippen molar-refractivity contribution in [2.24, 2.45) is 0 Å². The van der Waals surface area contributed by atoms with Gasteiger partial charge in [-0.1, -0.05) is 31.4 Å². The summed E-state index contributed by atoms with van der Waals surface area (Å²) in [7, 11) is 0. The molecule has 0 radical (unpaired) electrons. The Labute approximate surface area is 193 Å². The fourth-order valence-electron chi connectivity index (χ4n) is 3.85. The van der Waals surface area contributed by atoms with Gasteiger partial charge in [0.1, 0.15) is 16.9 Å². The number of benzene rings is 2.